The van der Waals surface area contributed by atoms with Crippen LogP contribution < -0.4 is 19.5 Å². The molecule has 0 fully saturated rings. The van der Waals surface area contributed by atoms with Crippen molar-refractivity contribution in [2.45, 2.75) is 18.4 Å². The van der Waals surface area contributed by atoms with Crippen LogP contribution in [0.2, 0.25) is 0 Å². The molecule has 0 saturated heterocycles. The maximum Gasteiger partial charge on any atom is 0.261 e. The monoisotopic (exact) mass is 424 g/mol. The van der Waals surface area contributed by atoms with E-state index in [1.165, 1.54) is 6.07 Å². The zero-order valence-corrected chi connectivity index (χ0v) is 17.0. The molecule has 0 unspecified atom stereocenters. The van der Waals surface area contributed by atoms with Crippen molar-refractivity contribution < 1.29 is 22.7 Å². The van der Waals surface area contributed by atoms with Crippen molar-refractivity contribution >= 4 is 21.6 Å². The number of hydrogen-bond acceptors (Lipinski definition) is 5. The molecule has 8 heteroatoms. The molecule has 0 aliphatic carbocycles. The van der Waals surface area contributed by atoms with Gasteiger partial charge >= 0.3 is 0 Å². The summed E-state index contributed by atoms with van der Waals surface area (Å²) >= 11 is 0. The predicted octanol–water partition coefficient (Wildman–Crippen LogP) is 3.45. The molecule has 3 aromatic rings. The lowest BCUT2D eigenvalue weighted by Gasteiger charge is -2.13. The van der Waals surface area contributed by atoms with E-state index >= 15 is 0 Å². The second-order valence-corrected chi connectivity index (χ2v) is 8.52. The highest BCUT2D eigenvalue weighted by molar-refractivity contribution is 7.92. The maximum atomic E-state index is 12.7. The van der Waals surface area contributed by atoms with Crippen LogP contribution in [0.1, 0.15) is 21.5 Å². The van der Waals surface area contributed by atoms with E-state index in [-0.39, 0.29) is 29.5 Å². The van der Waals surface area contributed by atoms with Crippen molar-refractivity contribution in [1.29, 1.82) is 0 Å². The van der Waals surface area contributed by atoms with Gasteiger partial charge in [0.05, 0.1) is 16.1 Å². The minimum Gasteiger partial charge on any atom is -0.454 e. The van der Waals surface area contributed by atoms with Gasteiger partial charge < -0.3 is 14.8 Å². The fourth-order valence-electron chi connectivity index (χ4n) is 3.08. The lowest BCUT2D eigenvalue weighted by Crippen LogP contribution is -2.25. The highest BCUT2D eigenvalue weighted by Crippen LogP contribution is 2.32. The minimum atomic E-state index is -3.83. The first kappa shape index (κ1) is 19.8. The Hall–Kier alpha value is -3.52. The Balaban J connectivity index is 1.50. The molecule has 0 atom stereocenters. The molecule has 3 aromatic carbocycles. The van der Waals surface area contributed by atoms with Crippen LogP contribution in [0.25, 0.3) is 0 Å². The first-order valence-electron chi connectivity index (χ1n) is 9.28. The number of fused-ring (bicyclic) bond motifs is 1. The molecule has 154 valence electrons. The number of ether oxygens (including phenoxy) is 2. The van der Waals surface area contributed by atoms with Crippen LogP contribution in [-0.4, -0.2) is 21.1 Å². The topological polar surface area (TPSA) is 93.7 Å². The van der Waals surface area contributed by atoms with Crippen LogP contribution >= 0.6 is 0 Å². The third kappa shape index (κ3) is 4.23. The molecule has 0 spiro atoms. The van der Waals surface area contributed by atoms with Crippen LogP contribution in [0, 0.1) is 6.92 Å². The Labute approximate surface area is 174 Å². The molecule has 0 aromatic heterocycles. The molecule has 1 amide bonds. The Morgan fingerprint density at radius 1 is 0.967 bits per heavy atom. The van der Waals surface area contributed by atoms with Crippen molar-refractivity contribution in [1.82, 2.24) is 5.32 Å². The number of para-hydroxylation sites is 1. The Morgan fingerprint density at radius 3 is 2.60 bits per heavy atom. The van der Waals surface area contributed by atoms with Gasteiger partial charge in [-0.1, -0.05) is 30.3 Å². The molecular formula is C22H20N2O5S. The second kappa shape index (κ2) is 8.08. The summed E-state index contributed by atoms with van der Waals surface area (Å²) in [7, 11) is -3.83. The summed E-state index contributed by atoms with van der Waals surface area (Å²) < 4.78 is 38.6. The second-order valence-electron chi connectivity index (χ2n) is 6.84. The zero-order valence-electron chi connectivity index (χ0n) is 16.2. The van der Waals surface area contributed by atoms with Gasteiger partial charge in [0.25, 0.3) is 15.9 Å². The molecule has 0 saturated carbocycles. The first-order chi connectivity index (χ1) is 14.4. The molecule has 0 radical (unpaired) electrons. The van der Waals surface area contributed by atoms with E-state index < -0.39 is 15.9 Å². The third-order valence-corrected chi connectivity index (χ3v) is 5.97. The highest BCUT2D eigenvalue weighted by Gasteiger charge is 2.19. The van der Waals surface area contributed by atoms with Gasteiger partial charge in [0.1, 0.15) is 0 Å². The maximum absolute atomic E-state index is 12.7. The van der Waals surface area contributed by atoms with E-state index in [0.717, 1.165) is 11.1 Å². The molecule has 7 nitrogen and oxygen atoms in total. The number of aryl methyl sites for hydroxylation is 1. The Morgan fingerprint density at radius 2 is 1.77 bits per heavy atom. The van der Waals surface area contributed by atoms with Crippen molar-refractivity contribution in [2.75, 3.05) is 11.5 Å². The van der Waals surface area contributed by atoms with E-state index in [9.17, 15) is 13.2 Å². The molecule has 1 heterocycles. The number of rotatable bonds is 6. The molecule has 2 N–H and O–H groups in total. The van der Waals surface area contributed by atoms with Gasteiger partial charge in [0, 0.05) is 6.54 Å². The Bertz CT molecular complexity index is 1210. The number of benzene rings is 3. The van der Waals surface area contributed by atoms with Gasteiger partial charge in [-0.25, -0.2) is 8.42 Å². The van der Waals surface area contributed by atoms with Crippen molar-refractivity contribution in [2.24, 2.45) is 0 Å². The summed E-state index contributed by atoms with van der Waals surface area (Å²) in [6, 6.07) is 18.5. The van der Waals surface area contributed by atoms with E-state index in [1.54, 1.807) is 48.5 Å². The molecule has 30 heavy (non-hydrogen) atoms. The van der Waals surface area contributed by atoms with Crippen LogP contribution in [0.4, 0.5) is 5.69 Å². The molecule has 1 aliphatic rings. The van der Waals surface area contributed by atoms with E-state index in [0.29, 0.717) is 11.5 Å². The number of amides is 1. The molecular weight excluding hydrogens is 404 g/mol. The predicted molar refractivity (Wildman–Crippen MR) is 112 cm³/mol. The van der Waals surface area contributed by atoms with Crippen LogP contribution in [0.3, 0.4) is 0 Å². The van der Waals surface area contributed by atoms with Crippen LogP contribution in [0.15, 0.2) is 71.6 Å². The van der Waals surface area contributed by atoms with E-state index in [4.69, 9.17) is 9.47 Å². The summed E-state index contributed by atoms with van der Waals surface area (Å²) in [4.78, 5) is 12.9. The van der Waals surface area contributed by atoms with Gasteiger partial charge in [0.15, 0.2) is 11.5 Å². The number of nitrogens with one attached hydrogen (secondary N) is 2. The van der Waals surface area contributed by atoms with Gasteiger partial charge in [-0.15, -0.1) is 0 Å². The average Bonchev–Trinajstić information content (AvgIpc) is 3.20. The number of hydrogen-bond donors (Lipinski definition) is 2. The van der Waals surface area contributed by atoms with Gasteiger partial charge in [-0.05, 0) is 54.4 Å². The SMILES string of the molecule is Cc1cccc(S(=O)(=O)Nc2ccccc2C(=O)NCc2ccc3c(c2)OCO3)c1. The fourth-order valence-corrected chi connectivity index (χ4v) is 4.27. The van der Waals surface area contributed by atoms with Gasteiger partial charge in [0.2, 0.25) is 6.79 Å². The quantitative estimate of drug-likeness (QED) is 0.632. The number of carbonyl (C=O) groups excluding carboxylic acids is 1. The minimum absolute atomic E-state index is 0.137. The van der Waals surface area contributed by atoms with Crippen LogP contribution in [0.5, 0.6) is 11.5 Å². The summed E-state index contributed by atoms with van der Waals surface area (Å²) in [6.45, 7) is 2.25. The normalized spacial score (nSPS) is 12.4. The van der Waals surface area contributed by atoms with Gasteiger partial charge in [-0.3, -0.25) is 9.52 Å². The number of anilines is 1. The smallest absolute Gasteiger partial charge is 0.261 e. The summed E-state index contributed by atoms with van der Waals surface area (Å²) in [6.07, 6.45) is 0. The number of carbonyl (C=O) groups is 1. The zero-order chi connectivity index (χ0) is 21.1. The first-order valence-corrected chi connectivity index (χ1v) is 10.8. The largest absolute Gasteiger partial charge is 0.454 e. The van der Waals surface area contributed by atoms with Crippen LogP contribution in [-0.2, 0) is 16.6 Å². The number of sulfonamides is 1. The van der Waals surface area contributed by atoms with Gasteiger partial charge in [-0.2, -0.15) is 0 Å². The lowest BCUT2D eigenvalue weighted by atomic mass is 10.1. The summed E-state index contributed by atoms with van der Waals surface area (Å²) in [5.74, 6) is 0.907. The molecule has 0 bridgehead atoms. The van der Waals surface area contributed by atoms with Crippen molar-refractivity contribution in [3.8, 4) is 11.5 Å². The third-order valence-electron chi connectivity index (χ3n) is 4.61. The average molecular weight is 424 g/mol. The van der Waals surface area contributed by atoms with Crippen molar-refractivity contribution in [3.05, 3.63) is 83.4 Å². The van der Waals surface area contributed by atoms with E-state index in [2.05, 4.69) is 10.0 Å². The molecule has 4 rings (SSSR count). The van der Waals surface area contributed by atoms with E-state index in [1.807, 2.05) is 19.1 Å². The highest BCUT2D eigenvalue weighted by atomic mass is 32.2. The lowest BCUT2D eigenvalue weighted by molar-refractivity contribution is 0.0951. The Kier molecular flexibility index (Phi) is 5.33. The fraction of sp³-hybridized carbons (Fsp3) is 0.136. The summed E-state index contributed by atoms with van der Waals surface area (Å²) in [5, 5.41) is 2.81. The summed E-state index contributed by atoms with van der Waals surface area (Å²) in [5.41, 5.74) is 2.11. The standard InChI is InChI=1S/C22H20N2O5S/c1-15-5-4-6-17(11-15)30(26,27)24-19-8-3-2-7-18(19)22(25)23-13-16-9-10-20-21(12-16)29-14-28-20/h2-12,24H,13-14H2,1H3,(H,23,25). The molecule has 1 aliphatic heterocycles. The van der Waals surface area contributed by atoms with Crippen molar-refractivity contribution in [3.63, 3.8) is 0 Å².